The number of nitrogens with zero attached hydrogens (tertiary/aromatic N) is 2. The summed E-state index contributed by atoms with van der Waals surface area (Å²) in [5.41, 5.74) is 1.26. The highest BCUT2D eigenvalue weighted by molar-refractivity contribution is 6.31. The van der Waals surface area contributed by atoms with Gasteiger partial charge in [0, 0.05) is 42.0 Å². The Balaban J connectivity index is 0.000000742. The van der Waals surface area contributed by atoms with E-state index >= 15 is 0 Å². The fourth-order valence-electron chi connectivity index (χ4n) is 4.29. The molecule has 1 aromatic heterocycles. The largest absolute Gasteiger partial charge is 0.462 e. The number of aromatic nitrogens is 1. The van der Waals surface area contributed by atoms with Crippen molar-refractivity contribution in [3.05, 3.63) is 107 Å². The lowest BCUT2D eigenvalue weighted by atomic mass is 9.87. The zero-order chi connectivity index (χ0) is 33.5. The van der Waals surface area contributed by atoms with Gasteiger partial charge in [0.15, 0.2) is 5.60 Å². The number of ether oxygens (including phenoxy) is 1. The second-order valence-corrected chi connectivity index (χ2v) is 11.1. The Morgan fingerprint density at radius 3 is 2.48 bits per heavy atom. The average molecular weight is 634 g/mol. The molecule has 3 rings (SSSR count). The molecule has 9 heteroatoms. The molecule has 2 unspecified atom stereocenters. The fraction of sp³-hybridized carbons (Fsp3) is 0.429. The molecule has 1 amide bonds. The molecule has 1 aromatic rings. The normalized spacial score (nSPS) is 16.0. The average Bonchev–Trinajstić information content (AvgIpc) is 3.34. The molecule has 0 aliphatic heterocycles. The number of amides is 1. The van der Waals surface area contributed by atoms with E-state index in [1.54, 1.807) is 20.0 Å². The fourth-order valence-corrected chi connectivity index (χ4v) is 4.44. The number of hydrogen-bond donors (Lipinski definition) is 1. The van der Waals surface area contributed by atoms with Crippen molar-refractivity contribution in [2.24, 2.45) is 5.92 Å². The molecule has 0 saturated heterocycles. The Hall–Kier alpha value is -3.52. The lowest BCUT2D eigenvalue weighted by Crippen LogP contribution is -2.51. The highest BCUT2D eigenvalue weighted by Crippen LogP contribution is 2.30. The number of carbonyl (C=O) groups excluding carboxylic acids is 1. The first-order valence-electron chi connectivity index (χ1n) is 14.8. The van der Waals surface area contributed by atoms with Gasteiger partial charge in [0.25, 0.3) is 5.91 Å². The maximum Gasteiger partial charge on any atom is 0.417 e. The third-order valence-corrected chi connectivity index (χ3v) is 7.16. The molecule has 1 heterocycles. The molecule has 5 nitrogen and oxygen atoms in total. The Morgan fingerprint density at radius 1 is 1.23 bits per heavy atom. The van der Waals surface area contributed by atoms with Crippen LogP contribution in [0.2, 0.25) is 0 Å². The molecular weight excluding hydrogens is 587 g/mol. The van der Waals surface area contributed by atoms with Gasteiger partial charge in [-0.15, -0.1) is 0 Å². The van der Waals surface area contributed by atoms with Crippen molar-refractivity contribution in [3.63, 3.8) is 0 Å². The topological polar surface area (TPSA) is 54.5 Å². The summed E-state index contributed by atoms with van der Waals surface area (Å²) in [5, 5.41) is 3.85. The van der Waals surface area contributed by atoms with E-state index in [9.17, 15) is 18.0 Å². The molecule has 0 spiro atoms. The van der Waals surface area contributed by atoms with Gasteiger partial charge in [-0.2, -0.15) is 13.2 Å². The van der Waals surface area contributed by atoms with Crippen LogP contribution in [0.15, 0.2) is 102 Å². The van der Waals surface area contributed by atoms with E-state index in [1.807, 2.05) is 63.1 Å². The highest BCUT2D eigenvalue weighted by atomic mass is 35.5. The first-order chi connectivity index (χ1) is 20.7. The van der Waals surface area contributed by atoms with Crippen molar-refractivity contribution in [3.8, 4) is 5.88 Å². The number of likely N-dealkylation sites (N-methyl/N-ethyl adjacent to an activating group) is 1. The summed E-state index contributed by atoms with van der Waals surface area (Å²) < 4.78 is 43.9. The summed E-state index contributed by atoms with van der Waals surface area (Å²) >= 11 is 5.73. The van der Waals surface area contributed by atoms with Gasteiger partial charge in [0.2, 0.25) is 5.88 Å². The lowest BCUT2D eigenvalue weighted by molar-refractivity contribution is -0.138. The Kier molecular flexibility index (Phi) is 16.0. The molecular formula is C35H47ClF3N3O2. The number of pyridine rings is 1. The number of rotatable bonds is 9. The minimum atomic E-state index is -4.49. The predicted molar refractivity (Wildman–Crippen MR) is 176 cm³/mol. The van der Waals surface area contributed by atoms with Crippen LogP contribution in [0.3, 0.4) is 0 Å². The second-order valence-electron chi connectivity index (χ2n) is 10.6. The Labute approximate surface area is 266 Å². The van der Waals surface area contributed by atoms with Crippen LogP contribution in [0.25, 0.3) is 0 Å². The molecule has 0 radical (unpaired) electrons. The zero-order valence-electron chi connectivity index (χ0n) is 27.1. The SMILES string of the molecule is C=CN(C)C1=CC=CCC(C(CC)C(C)NC(=O)C(C)(C)Oc2ccc(C(F)(F)F)cn2)=C1.CC.CC1=CCC=C(Cl)C=C1. The maximum absolute atomic E-state index is 13.0. The quantitative estimate of drug-likeness (QED) is 0.294. The Morgan fingerprint density at radius 2 is 1.91 bits per heavy atom. The van der Waals surface area contributed by atoms with E-state index in [-0.39, 0.29) is 23.7 Å². The van der Waals surface area contributed by atoms with Gasteiger partial charge < -0.3 is 15.0 Å². The van der Waals surface area contributed by atoms with Crippen molar-refractivity contribution < 1.29 is 22.7 Å². The summed E-state index contributed by atoms with van der Waals surface area (Å²) in [7, 11) is 1.92. The van der Waals surface area contributed by atoms with Gasteiger partial charge in [0.1, 0.15) is 0 Å². The molecule has 2 aliphatic rings. The maximum atomic E-state index is 13.0. The number of nitrogens with one attached hydrogen (secondary N) is 1. The first kappa shape index (κ1) is 38.5. The van der Waals surface area contributed by atoms with Crippen LogP contribution < -0.4 is 10.1 Å². The van der Waals surface area contributed by atoms with E-state index in [0.29, 0.717) is 6.20 Å². The molecule has 44 heavy (non-hydrogen) atoms. The highest BCUT2D eigenvalue weighted by Gasteiger charge is 2.34. The number of halogens is 4. The molecule has 1 N–H and O–H groups in total. The van der Waals surface area contributed by atoms with Crippen molar-refractivity contribution in [2.45, 2.75) is 85.5 Å². The molecule has 0 bridgehead atoms. The van der Waals surface area contributed by atoms with Gasteiger partial charge in [0.05, 0.1) is 5.56 Å². The van der Waals surface area contributed by atoms with Crippen molar-refractivity contribution >= 4 is 17.5 Å². The smallest absolute Gasteiger partial charge is 0.417 e. The van der Waals surface area contributed by atoms with Gasteiger partial charge in [-0.25, -0.2) is 4.98 Å². The van der Waals surface area contributed by atoms with Crippen LogP contribution >= 0.6 is 11.6 Å². The molecule has 2 aliphatic carbocycles. The summed E-state index contributed by atoms with van der Waals surface area (Å²) in [4.78, 5) is 18.6. The van der Waals surface area contributed by atoms with Crippen molar-refractivity contribution in [1.29, 1.82) is 0 Å². The molecule has 0 fully saturated rings. The zero-order valence-corrected chi connectivity index (χ0v) is 27.9. The monoisotopic (exact) mass is 633 g/mol. The summed E-state index contributed by atoms with van der Waals surface area (Å²) in [6.45, 7) is 17.0. The van der Waals surface area contributed by atoms with Crippen LogP contribution in [-0.4, -0.2) is 34.5 Å². The van der Waals surface area contributed by atoms with E-state index in [0.717, 1.165) is 42.1 Å². The molecule has 0 saturated carbocycles. The van der Waals surface area contributed by atoms with Crippen LogP contribution in [0, 0.1) is 5.92 Å². The predicted octanol–water partition coefficient (Wildman–Crippen LogP) is 9.68. The van der Waals surface area contributed by atoms with Crippen LogP contribution in [0.5, 0.6) is 5.88 Å². The lowest BCUT2D eigenvalue weighted by Gasteiger charge is -2.31. The number of allylic oxidation sites excluding steroid dienone is 10. The van der Waals surface area contributed by atoms with E-state index in [2.05, 4.69) is 49.0 Å². The second kappa shape index (κ2) is 18.3. The third kappa shape index (κ3) is 12.6. The van der Waals surface area contributed by atoms with E-state index in [4.69, 9.17) is 16.3 Å². The Bertz CT molecular complexity index is 1250. The standard InChI is InChI=1S/C25H32F3N3O2.C8H9Cl.C2H6/c1-7-21(18-11-9-10-12-20(15-18)31(6)8-2)17(3)30-23(32)24(4,5)33-22-14-13-19(16-29-22)25(26,27)28;1-7-3-2-4-8(9)6-5-7;1-2/h8-10,12-17,21H,2,7,11H2,1,3-6H3,(H,30,32);3-6H,2H2,1H3;1-2H3. The summed E-state index contributed by atoms with van der Waals surface area (Å²) in [6, 6.07) is 1.80. The van der Waals surface area contributed by atoms with Crippen LogP contribution in [0.1, 0.15) is 73.3 Å². The summed E-state index contributed by atoms with van der Waals surface area (Å²) in [6.07, 6.45) is 16.8. The van der Waals surface area contributed by atoms with Gasteiger partial charge in [-0.1, -0.05) is 80.5 Å². The van der Waals surface area contributed by atoms with Gasteiger partial charge in [-0.05, 0) is 77.5 Å². The molecule has 242 valence electrons. The molecule has 0 aromatic carbocycles. The van der Waals surface area contributed by atoms with Gasteiger partial charge in [-0.3, -0.25) is 4.79 Å². The summed E-state index contributed by atoms with van der Waals surface area (Å²) in [5.74, 6) is -0.348. The number of alkyl halides is 3. The minimum absolute atomic E-state index is 0.0540. The number of hydrogen-bond acceptors (Lipinski definition) is 4. The van der Waals surface area contributed by atoms with E-state index < -0.39 is 17.3 Å². The molecule has 2 atom stereocenters. The van der Waals surface area contributed by atoms with Crippen LogP contribution in [0.4, 0.5) is 13.2 Å². The first-order valence-corrected chi connectivity index (χ1v) is 15.2. The van der Waals surface area contributed by atoms with Gasteiger partial charge >= 0.3 is 6.18 Å². The van der Waals surface area contributed by atoms with Crippen molar-refractivity contribution in [2.75, 3.05) is 7.05 Å². The van der Waals surface area contributed by atoms with E-state index in [1.165, 1.54) is 11.1 Å². The number of carbonyl (C=O) groups is 1. The van der Waals surface area contributed by atoms with Crippen LogP contribution in [-0.2, 0) is 11.0 Å². The minimum Gasteiger partial charge on any atom is -0.462 e. The van der Waals surface area contributed by atoms with Crippen molar-refractivity contribution in [1.82, 2.24) is 15.2 Å². The third-order valence-electron chi connectivity index (χ3n) is 6.88.